The van der Waals surface area contributed by atoms with Crippen LogP contribution >= 0.6 is 0 Å². The number of aromatic nitrogens is 3. The number of ether oxygens (including phenoxy) is 1. The molecular weight excluding hydrogens is 346 g/mol. The van der Waals surface area contributed by atoms with Gasteiger partial charge in [0.2, 0.25) is 5.89 Å². The zero-order valence-corrected chi connectivity index (χ0v) is 16.7. The molecule has 8 heteroatoms. The van der Waals surface area contributed by atoms with E-state index in [1.165, 1.54) is 5.69 Å². The minimum absolute atomic E-state index is 0.336. The van der Waals surface area contributed by atoms with Crippen LogP contribution in [0.2, 0.25) is 0 Å². The van der Waals surface area contributed by atoms with Crippen molar-refractivity contribution < 1.29 is 14.1 Å². The summed E-state index contributed by atoms with van der Waals surface area (Å²) in [6.07, 6.45) is 3.68. The van der Waals surface area contributed by atoms with Crippen molar-refractivity contribution in [1.29, 1.82) is 0 Å². The summed E-state index contributed by atoms with van der Waals surface area (Å²) in [5, 5.41) is 6.88. The van der Waals surface area contributed by atoms with Crippen molar-refractivity contribution in [3.05, 3.63) is 35.7 Å². The Hall–Kier alpha value is -2.35. The lowest BCUT2D eigenvalue weighted by Gasteiger charge is -2.26. The topological polar surface area (TPSA) is 96.3 Å². The van der Waals surface area contributed by atoms with Crippen LogP contribution in [0, 0.1) is 0 Å². The molecule has 1 amide bonds. The third-order valence-electron chi connectivity index (χ3n) is 4.52. The van der Waals surface area contributed by atoms with Crippen LogP contribution in [0.15, 0.2) is 22.9 Å². The second kappa shape index (κ2) is 7.34. The number of carbonyl (C=O) groups is 1. The number of amides is 1. The van der Waals surface area contributed by atoms with Gasteiger partial charge >= 0.3 is 6.09 Å². The third-order valence-corrected chi connectivity index (χ3v) is 4.52. The Balaban J connectivity index is 1.64. The average molecular weight is 375 g/mol. The molecular formula is C19H29N5O3. The highest BCUT2D eigenvalue weighted by Crippen LogP contribution is 2.32. The van der Waals surface area contributed by atoms with E-state index in [0.29, 0.717) is 24.3 Å². The molecule has 0 bridgehead atoms. The Morgan fingerprint density at radius 1 is 1.41 bits per heavy atom. The molecule has 2 aromatic rings. The Labute approximate surface area is 159 Å². The van der Waals surface area contributed by atoms with Crippen LogP contribution in [-0.2, 0) is 16.8 Å². The Morgan fingerprint density at radius 2 is 2.19 bits per heavy atom. The van der Waals surface area contributed by atoms with E-state index < -0.39 is 17.2 Å². The number of likely N-dealkylation sites (tertiary alicyclic amines) is 1. The van der Waals surface area contributed by atoms with Gasteiger partial charge in [-0.1, -0.05) is 5.16 Å². The first-order valence-electron chi connectivity index (χ1n) is 9.36. The highest BCUT2D eigenvalue weighted by atomic mass is 16.6. The average Bonchev–Trinajstić information content (AvgIpc) is 3.25. The first-order valence-corrected chi connectivity index (χ1v) is 9.36. The molecule has 0 spiro atoms. The van der Waals surface area contributed by atoms with Crippen LogP contribution in [0.3, 0.4) is 0 Å². The molecule has 0 radical (unpaired) electrons. The molecule has 1 aliphatic heterocycles. The van der Waals surface area contributed by atoms with Gasteiger partial charge in [0.25, 0.3) is 0 Å². The normalized spacial score (nSPS) is 18.6. The summed E-state index contributed by atoms with van der Waals surface area (Å²) in [5.41, 5.74) is -0.154. The molecule has 148 valence electrons. The maximum absolute atomic E-state index is 12.1. The second-order valence-electron chi connectivity index (χ2n) is 8.52. The van der Waals surface area contributed by atoms with Crippen LogP contribution in [-0.4, -0.2) is 38.3 Å². The van der Waals surface area contributed by atoms with Gasteiger partial charge in [-0.25, -0.2) is 4.79 Å². The van der Waals surface area contributed by atoms with Crippen molar-refractivity contribution in [1.82, 2.24) is 25.3 Å². The molecule has 0 saturated carbocycles. The standard InChI is InChI=1S/C19H29N5O3/c1-18(2,3)26-17(25)22-19(4,5)16-21-15(27-23-16)12-24-11-7-9-14(24)13-8-6-10-20-13/h6,8,10,14,20H,7,9,11-12H2,1-5H3,(H,22,25). The van der Waals surface area contributed by atoms with Gasteiger partial charge in [-0.15, -0.1) is 0 Å². The Morgan fingerprint density at radius 3 is 2.85 bits per heavy atom. The molecule has 1 fully saturated rings. The lowest BCUT2D eigenvalue weighted by molar-refractivity contribution is 0.0465. The van der Waals surface area contributed by atoms with E-state index in [0.717, 1.165) is 19.4 Å². The minimum atomic E-state index is -0.798. The number of hydrogen-bond acceptors (Lipinski definition) is 6. The summed E-state index contributed by atoms with van der Waals surface area (Å²) in [6.45, 7) is 10.7. The number of alkyl carbamates (subject to hydrolysis) is 1. The lowest BCUT2D eigenvalue weighted by Crippen LogP contribution is -2.44. The van der Waals surface area contributed by atoms with Crippen LogP contribution in [0.4, 0.5) is 4.79 Å². The lowest BCUT2D eigenvalue weighted by atomic mass is 10.1. The molecule has 8 nitrogen and oxygen atoms in total. The summed E-state index contributed by atoms with van der Waals surface area (Å²) < 4.78 is 10.8. The van der Waals surface area contributed by atoms with Crippen LogP contribution in [0.25, 0.3) is 0 Å². The van der Waals surface area contributed by atoms with Gasteiger partial charge in [0, 0.05) is 11.9 Å². The first kappa shape index (κ1) is 19.4. The van der Waals surface area contributed by atoms with E-state index in [2.05, 4.69) is 31.4 Å². The predicted molar refractivity (Wildman–Crippen MR) is 99.9 cm³/mol. The van der Waals surface area contributed by atoms with Crippen molar-refractivity contribution in [2.45, 2.75) is 71.2 Å². The number of nitrogens with one attached hydrogen (secondary N) is 2. The molecule has 27 heavy (non-hydrogen) atoms. The zero-order valence-electron chi connectivity index (χ0n) is 16.7. The summed E-state index contributed by atoms with van der Waals surface area (Å²) >= 11 is 0. The van der Waals surface area contributed by atoms with Gasteiger partial charge < -0.3 is 19.6 Å². The molecule has 2 N–H and O–H groups in total. The van der Waals surface area contributed by atoms with Crippen molar-refractivity contribution in [2.24, 2.45) is 0 Å². The number of nitrogens with zero attached hydrogens (tertiary/aromatic N) is 3. The fourth-order valence-electron chi connectivity index (χ4n) is 3.28. The van der Waals surface area contributed by atoms with Gasteiger partial charge in [0.1, 0.15) is 11.1 Å². The number of hydrogen-bond donors (Lipinski definition) is 2. The number of aromatic amines is 1. The number of H-pyrrole nitrogens is 1. The fourth-order valence-corrected chi connectivity index (χ4v) is 3.28. The molecule has 0 aromatic carbocycles. The molecule has 1 atom stereocenters. The molecule has 1 saturated heterocycles. The highest BCUT2D eigenvalue weighted by molar-refractivity contribution is 5.68. The van der Waals surface area contributed by atoms with E-state index >= 15 is 0 Å². The van der Waals surface area contributed by atoms with E-state index in [-0.39, 0.29) is 0 Å². The van der Waals surface area contributed by atoms with Gasteiger partial charge in [-0.2, -0.15) is 4.98 Å². The monoisotopic (exact) mass is 375 g/mol. The van der Waals surface area contributed by atoms with E-state index in [4.69, 9.17) is 9.26 Å². The minimum Gasteiger partial charge on any atom is -0.444 e. The van der Waals surface area contributed by atoms with Gasteiger partial charge in [-0.3, -0.25) is 4.90 Å². The second-order valence-corrected chi connectivity index (χ2v) is 8.52. The maximum Gasteiger partial charge on any atom is 0.408 e. The van der Waals surface area contributed by atoms with Crippen LogP contribution < -0.4 is 5.32 Å². The summed E-state index contributed by atoms with van der Waals surface area (Å²) in [6, 6.07) is 4.46. The van der Waals surface area contributed by atoms with E-state index in [1.807, 2.05) is 46.9 Å². The first-order chi connectivity index (χ1) is 12.6. The smallest absolute Gasteiger partial charge is 0.408 e. The van der Waals surface area contributed by atoms with E-state index in [1.54, 1.807) is 0 Å². The SMILES string of the molecule is CC(C)(C)OC(=O)NC(C)(C)c1noc(CN2CCCC2c2ccc[nH]2)n1. The quantitative estimate of drug-likeness (QED) is 0.830. The fraction of sp³-hybridized carbons (Fsp3) is 0.632. The molecule has 1 unspecified atom stereocenters. The van der Waals surface area contributed by atoms with Gasteiger partial charge in [0.15, 0.2) is 5.82 Å². The Kier molecular flexibility index (Phi) is 5.28. The third kappa shape index (κ3) is 4.88. The largest absolute Gasteiger partial charge is 0.444 e. The number of rotatable bonds is 5. The summed E-state index contributed by atoms with van der Waals surface area (Å²) in [4.78, 5) is 22.2. The molecule has 3 rings (SSSR count). The number of carbonyl (C=O) groups excluding carboxylic acids is 1. The van der Waals surface area contributed by atoms with Crippen LogP contribution in [0.1, 0.15) is 70.9 Å². The predicted octanol–water partition coefficient (Wildman–Crippen LogP) is 3.49. The molecule has 1 aliphatic rings. The molecule has 2 aromatic heterocycles. The van der Waals surface area contributed by atoms with Gasteiger partial charge in [0.05, 0.1) is 12.6 Å². The van der Waals surface area contributed by atoms with Crippen molar-refractivity contribution in [2.75, 3.05) is 6.54 Å². The molecule has 3 heterocycles. The molecule has 0 aliphatic carbocycles. The summed E-state index contributed by atoms with van der Waals surface area (Å²) in [5.74, 6) is 0.974. The summed E-state index contributed by atoms with van der Waals surface area (Å²) in [7, 11) is 0. The van der Waals surface area contributed by atoms with Crippen molar-refractivity contribution >= 4 is 6.09 Å². The van der Waals surface area contributed by atoms with Crippen LogP contribution in [0.5, 0.6) is 0 Å². The highest BCUT2D eigenvalue weighted by Gasteiger charge is 2.32. The van der Waals surface area contributed by atoms with Gasteiger partial charge in [-0.05, 0) is 66.1 Å². The van der Waals surface area contributed by atoms with Crippen molar-refractivity contribution in [3.63, 3.8) is 0 Å². The zero-order chi connectivity index (χ0) is 19.7. The van der Waals surface area contributed by atoms with Crippen molar-refractivity contribution in [3.8, 4) is 0 Å². The van der Waals surface area contributed by atoms with E-state index in [9.17, 15) is 4.79 Å². The Bertz CT molecular complexity index is 761. The maximum atomic E-state index is 12.1.